The second-order valence-electron chi connectivity index (χ2n) is 8.18. The van der Waals surface area contributed by atoms with E-state index in [0.717, 1.165) is 36.4 Å². The maximum Gasteiger partial charge on any atom is 0.319 e. The molecule has 0 bridgehead atoms. The summed E-state index contributed by atoms with van der Waals surface area (Å²) in [5.74, 6) is 1.18. The summed E-state index contributed by atoms with van der Waals surface area (Å²) in [6.07, 6.45) is 7.80. The SMILES string of the molecule is CCCCOc1nc(N)c2n[nH]c(Cc3ccc(CNC4CCCC4)cc3OC)c2n1. The van der Waals surface area contributed by atoms with Gasteiger partial charge in [-0.3, -0.25) is 5.10 Å². The Balaban J connectivity index is 1.52. The molecule has 0 spiro atoms. The van der Waals surface area contributed by atoms with E-state index < -0.39 is 0 Å². The molecule has 4 N–H and O–H groups in total. The maximum atomic E-state index is 6.08. The molecule has 8 nitrogen and oxygen atoms in total. The zero-order chi connectivity index (χ0) is 21.6. The van der Waals surface area contributed by atoms with Crippen molar-refractivity contribution in [2.75, 3.05) is 19.5 Å². The number of aromatic nitrogens is 4. The van der Waals surface area contributed by atoms with Crippen LogP contribution in [-0.2, 0) is 13.0 Å². The molecule has 0 atom stereocenters. The fourth-order valence-electron chi connectivity index (χ4n) is 4.07. The van der Waals surface area contributed by atoms with Crippen LogP contribution in [0.25, 0.3) is 11.0 Å². The van der Waals surface area contributed by atoms with Crippen molar-refractivity contribution in [1.82, 2.24) is 25.5 Å². The first-order chi connectivity index (χ1) is 15.2. The van der Waals surface area contributed by atoms with E-state index in [1.54, 1.807) is 7.11 Å². The highest BCUT2D eigenvalue weighted by molar-refractivity contribution is 5.86. The second-order valence-corrected chi connectivity index (χ2v) is 8.18. The Kier molecular flexibility index (Phi) is 6.86. The lowest BCUT2D eigenvalue weighted by atomic mass is 10.0. The van der Waals surface area contributed by atoms with Crippen LogP contribution in [0.4, 0.5) is 5.82 Å². The normalized spacial score (nSPS) is 14.4. The summed E-state index contributed by atoms with van der Waals surface area (Å²) < 4.78 is 11.4. The first-order valence-corrected chi connectivity index (χ1v) is 11.2. The van der Waals surface area contributed by atoms with Crippen LogP contribution in [0.5, 0.6) is 11.8 Å². The van der Waals surface area contributed by atoms with Crippen molar-refractivity contribution >= 4 is 16.9 Å². The van der Waals surface area contributed by atoms with E-state index in [-0.39, 0.29) is 0 Å². The molecule has 0 unspecified atom stereocenters. The summed E-state index contributed by atoms with van der Waals surface area (Å²) in [7, 11) is 1.71. The molecule has 0 aliphatic heterocycles. The highest BCUT2D eigenvalue weighted by Crippen LogP contribution is 2.27. The third-order valence-corrected chi connectivity index (χ3v) is 5.88. The molecule has 3 aromatic rings. The van der Waals surface area contributed by atoms with Crippen LogP contribution in [0.1, 0.15) is 62.3 Å². The topological polar surface area (TPSA) is 111 Å². The summed E-state index contributed by atoms with van der Waals surface area (Å²) in [6, 6.07) is 7.31. The molecule has 0 saturated heterocycles. The number of H-pyrrole nitrogens is 1. The van der Waals surface area contributed by atoms with Crippen molar-refractivity contribution in [3.05, 3.63) is 35.0 Å². The van der Waals surface area contributed by atoms with Gasteiger partial charge in [-0.25, -0.2) is 0 Å². The fourth-order valence-corrected chi connectivity index (χ4v) is 4.07. The quantitative estimate of drug-likeness (QED) is 0.425. The number of methoxy groups -OCH3 is 1. The molecule has 0 radical (unpaired) electrons. The number of fused-ring (bicyclic) bond motifs is 1. The van der Waals surface area contributed by atoms with Gasteiger partial charge >= 0.3 is 6.01 Å². The van der Waals surface area contributed by atoms with Crippen molar-refractivity contribution in [2.24, 2.45) is 0 Å². The van der Waals surface area contributed by atoms with Crippen LogP contribution in [0.2, 0.25) is 0 Å². The lowest BCUT2D eigenvalue weighted by Gasteiger charge is -2.14. The van der Waals surface area contributed by atoms with Gasteiger partial charge in [-0.15, -0.1) is 0 Å². The Hall–Kier alpha value is -2.87. The van der Waals surface area contributed by atoms with Gasteiger partial charge in [-0.05, 0) is 30.9 Å². The third kappa shape index (κ3) is 5.07. The summed E-state index contributed by atoms with van der Waals surface area (Å²) in [5, 5.41) is 11.0. The van der Waals surface area contributed by atoms with Gasteiger partial charge in [0.2, 0.25) is 0 Å². The molecule has 4 rings (SSSR count). The lowest BCUT2D eigenvalue weighted by molar-refractivity contribution is 0.287. The number of hydrogen-bond acceptors (Lipinski definition) is 7. The van der Waals surface area contributed by atoms with Crippen molar-refractivity contribution < 1.29 is 9.47 Å². The van der Waals surface area contributed by atoms with Gasteiger partial charge in [0.1, 0.15) is 11.3 Å². The Morgan fingerprint density at radius 3 is 2.81 bits per heavy atom. The minimum Gasteiger partial charge on any atom is -0.496 e. The largest absolute Gasteiger partial charge is 0.496 e. The van der Waals surface area contributed by atoms with E-state index in [1.165, 1.54) is 31.2 Å². The number of aromatic amines is 1. The van der Waals surface area contributed by atoms with Crippen LogP contribution in [0.3, 0.4) is 0 Å². The molecular formula is C23H32N6O2. The summed E-state index contributed by atoms with van der Waals surface area (Å²) in [6.45, 7) is 3.54. The van der Waals surface area contributed by atoms with E-state index in [1.807, 2.05) is 0 Å². The molecule has 0 amide bonds. The number of nitrogens with two attached hydrogens (primary N) is 1. The van der Waals surface area contributed by atoms with Crippen LogP contribution in [0, 0.1) is 0 Å². The fraction of sp³-hybridized carbons (Fsp3) is 0.522. The number of ether oxygens (including phenoxy) is 2. The number of nitrogens with zero attached hydrogens (tertiary/aromatic N) is 3. The number of unbranched alkanes of at least 4 members (excludes halogenated alkanes) is 1. The number of anilines is 1. The number of benzene rings is 1. The minimum atomic E-state index is 0.293. The Bertz CT molecular complexity index is 1010. The van der Waals surface area contributed by atoms with Gasteiger partial charge in [0.15, 0.2) is 11.3 Å². The average molecular weight is 425 g/mol. The van der Waals surface area contributed by atoms with Gasteiger partial charge < -0.3 is 20.5 Å². The number of nitrogens with one attached hydrogen (secondary N) is 2. The predicted molar refractivity (Wildman–Crippen MR) is 121 cm³/mol. The Labute approximate surface area is 182 Å². The van der Waals surface area contributed by atoms with E-state index in [2.05, 4.69) is 50.6 Å². The van der Waals surface area contributed by atoms with E-state index in [9.17, 15) is 0 Å². The summed E-state index contributed by atoms with van der Waals surface area (Å²) in [4.78, 5) is 8.77. The second kappa shape index (κ2) is 9.96. The van der Waals surface area contributed by atoms with Crippen LogP contribution < -0.4 is 20.5 Å². The molecule has 2 heterocycles. The van der Waals surface area contributed by atoms with E-state index in [4.69, 9.17) is 15.2 Å². The molecule has 1 aliphatic carbocycles. The van der Waals surface area contributed by atoms with E-state index >= 15 is 0 Å². The summed E-state index contributed by atoms with van der Waals surface area (Å²) >= 11 is 0. The molecular weight excluding hydrogens is 392 g/mol. The van der Waals surface area contributed by atoms with Crippen LogP contribution >= 0.6 is 0 Å². The predicted octanol–water partition coefficient (Wildman–Crippen LogP) is 3.75. The van der Waals surface area contributed by atoms with Crippen LogP contribution in [-0.4, -0.2) is 39.9 Å². The number of nitrogen functional groups attached to an aromatic ring is 1. The van der Waals surface area contributed by atoms with E-state index in [0.29, 0.717) is 41.9 Å². The maximum absolute atomic E-state index is 6.08. The monoisotopic (exact) mass is 424 g/mol. The van der Waals surface area contributed by atoms with Gasteiger partial charge in [0.05, 0.1) is 19.4 Å². The van der Waals surface area contributed by atoms with Crippen molar-refractivity contribution in [3.8, 4) is 11.8 Å². The smallest absolute Gasteiger partial charge is 0.319 e. The lowest BCUT2D eigenvalue weighted by Crippen LogP contribution is -2.25. The molecule has 1 aromatic carbocycles. The average Bonchev–Trinajstić information content (AvgIpc) is 3.44. The van der Waals surface area contributed by atoms with Gasteiger partial charge in [0.25, 0.3) is 0 Å². The van der Waals surface area contributed by atoms with Crippen LogP contribution in [0.15, 0.2) is 18.2 Å². The first kappa shape index (κ1) is 21.4. The summed E-state index contributed by atoms with van der Waals surface area (Å²) in [5.41, 5.74) is 10.5. The highest BCUT2D eigenvalue weighted by Gasteiger charge is 2.17. The number of hydrogen-bond donors (Lipinski definition) is 3. The molecule has 8 heteroatoms. The number of rotatable bonds is 10. The molecule has 1 fully saturated rings. The van der Waals surface area contributed by atoms with Gasteiger partial charge in [0, 0.05) is 24.6 Å². The molecule has 166 valence electrons. The molecule has 2 aromatic heterocycles. The highest BCUT2D eigenvalue weighted by atomic mass is 16.5. The Morgan fingerprint density at radius 2 is 2.03 bits per heavy atom. The van der Waals surface area contributed by atoms with Crippen molar-refractivity contribution in [1.29, 1.82) is 0 Å². The third-order valence-electron chi connectivity index (χ3n) is 5.88. The van der Waals surface area contributed by atoms with Crippen molar-refractivity contribution in [3.63, 3.8) is 0 Å². The molecule has 1 saturated carbocycles. The first-order valence-electron chi connectivity index (χ1n) is 11.2. The zero-order valence-electron chi connectivity index (χ0n) is 18.4. The Morgan fingerprint density at radius 1 is 1.19 bits per heavy atom. The van der Waals surface area contributed by atoms with Crippen molar-refractivity contribution in [2.45, 2.75) is 64.5 Å². The van der Waals surface area contributed by atoms with Gasteiger partial charge in [-0.2, -0.15) is 15.1 Å². The van der Waals surface area contributed by atoms with Gasteiger partial charge in [-0.1, -0.05) is 38.3 Å². The molecule has 31 heavy (non-hydrogen) atoms. The molecule has 1 aliphatic rings. The standard InChI is InChI=1S/C23H32N6O2/c1-3-4-11-31-23-26-20-18(28-29-21(20)22(24)27-23)13-16-10-9-15(12-19(16)30-2)14-25-17-7-5-6-8-17/h9-10,12,17,25H,3-8,11,13-14H2,1-2H3,(H,28,29)(H2,24,26,27). The zero-order valence-corrected chi connectivity index (χ0v) is 18.4. The minimum absolute atomic E-state index is 0.293.